The van der Waals surface area contributed by atoms with Crippen LogP contribution in [-0.4, -0.2) is 24.4 Å². The summed E-state index contributed by atoms with van der Waals surface area (Å²) in [5.41, 5.74) is 3.41. The maximum absolute atomic E-state index is 9.88. The topological polar surface area (TPSA) is 54.6 Å². The van der Waals surface area contributed by atoms with Crippen LogP contribution in [0.1, 0.15) is 16.9 Å². The van der Waals surface area contributed by atoms with Crippen molar-refractivity contribution >= 4 is 5.69 Å². The smallest absolute Gasteiger partial charge is 0.129 e. The SMILES string of the molecule is Cc1ccc(C)c(NCC(O)COCc2ccco2)c1. The van der Waals surface area contributed by atoms with Gasteiger partial charge in [0.05, 0.1) is 19.0 Å². The molecule has 4 nitrogen and oxygen atoms in total. The minimum absolute atomic E-state index is 0.276. The Kier molecular flexibility index (Phi) is 5.21. The van der Waals surface area contributed by atoms with Crippen LogP contribution >= 0.6 is 0 Å². The van der Waals surface area contributed by atoms with Gasteiger partial charge in [-0.25, -0.2) is 0 Å². The summed E-state index contributed by atoms with van der Waals surface area (Å²) in [6.45, 7) is 5.21. The summed E-state index contributed by atoms with van der Waals surface area (Å²) in [5, 5.41) is 13.1. The van der Waals surface area contributed by atoms with Crippen molar-refractivity contribution in [3.63, 3.8) is 0 Å². The Morgan fingerprint density at radius 3 is 2.90 bits per heavy atom. The largest absolute Gasteiger partial charge is 0.467 e. The molecular formula is C16H21NO3. The van der Waals surface area contributed by atoms with Crippen LogP contribution in [0.15, 0.2) is 41.0 Å². The molecule has 0 spiro atoms. The van der Waals surface area contributed by atoms with Gasteiger partial charge in [0.1, 0.15) is 12.4 Å². The number of anilines is 1. The molecule has 0 aliphatic rings. The molecule has 0 saturated heterocycles. The summed E-state index contributed by atoms with van der Waals surface area (Å²) in [4.78, 5) is 0. The first-order valence-electron chi connectivity index (χ1n) is 6.74. The van der Waals surface area contributed by atoms with Gasteiger partial charge in [0, 0.05) is 12.2 Å². The molecule has 2 rings (SSSR count). The molecule has 0 fully saturated rings. The summed E-state index contributed by atoms with van der Waals surface area (Å²) >= 11 is 0. The van der Waals surface area contributed by atoms with Crippen LogP contribution in [0.25, 0.3) is 0 Å². The summed E-state index contributed by atoms with van der Waals surface area (Å²) in [6.07, 6.45) is 1.06. The van der Waals surface area contributed by atoms with E-state index in [-0.39, 0.29) is 6.61 Å². The van der Waals surface area contributed by atoms with Crippen LogP contribution < -0.4 is 5.32 Å². The van der Waals surface area contributed by atoms with E-state index in [2.05, 4.69) is 23.5 Å². The van der Waals surface area contributed by atoms with E-state index in [1.807, 2.05) is 26.0 Å². The van der Waals surface area contributed by atoms with Crippen LogP contribution in [0.5, 0.6) is 0 Å². The Morgan fingerprint density at radius 1 is 1.30 bits per heavy atom. The molecule has 1 aromatic carbocycles. The zero-order chi connectivity index (χ0) is 14.4. The van der Waals surface area contributed by atoms with Crippen LogP contribution in [0, 0.1) is 13.8 Å². The highest BCUT2D eigenvalue weighted by Gasteiger charge is 2.06. The number of ether oxygens (including phenoxy) is 1. The lowest BCUT2D eigenvalue weighted by molar-refractivity contribution is 0.0282. The molecular weight excluding hydrogens is 254 g/mol. The summed E-state index contributed by atoms with van der Waals surface area (Å²) in [6, 6.07) is 9.88. The fraction of sp³-hybridized carbons (Fsp3) is 0.375. The Morgan fingerprint density at radius 2 is 2.15 bits per heavy atom. The third-order valence-corrected chi connectivity index (χ3v) is 3.06. The van der Waals surface area contributed by atoms with Crippen molar-refractivity contribution in [1.82, 2.24) is 0 Å². The fourth-order valence-corrected chi connectivity index (χ4v) is 1.90. The van der Waals surface area contributed by atoms with Gasteiger partial charge in [-0.2, -0.15) is 0 Å². The summed E-state index contributed by atoms with van der Waals surface area (Å²) < 4.78 is 10.5. The van der Waals surface area contributed by atoms with Crippen LogP contribution in [0.3, 0.4) is 0 Å². The zero-order valence-electron chi connectivity index (χ0n) is 11.9. The first kappa shape index (κ1) is 14.6. The van der Waals surface area contributed by atoms with Gasteiger partial charge < -0.3 is 19.6 Å². The highest BCUT2D eigenvalue weighted by Crippen LogP contribution is 2.16. The molecule has 20 heavy (non-hydrogen) atoms. The average Bonchev–Trinajstić information content (AvgIpc) is 2.93. The molecule has 2 N–H and O–H groups in total. The number of aliphatic hydroxyl groups is 1. The van der Waals surface area contributed by atoms with E-state index >= 15 is 0 Å². The molecule has 1 heterocycles. The monoisotopic (exact) mass is 275 g/mol. The predicted molar refractivity (Wildman–Crippen MR) is 78.8 cm³/mol. The number of hydrogen-bond acceptors (Lipinski definition) is 4. The summed E-state index contributed by atoms with van der Waals surface area (Å²) in [7, 11) is 0. The first-order valence-corrected chi connectivity index (χ1v) is 6.74. The molecule has 0 radical (unpaired) electrons. The lowest BCUT2D eigenvalue weighted by Crippen LogP contribution is -2.25. The zero-order valence-corrected chi connectivity index (χ0v) is 11.9. The molecule has 108 valence electrons. The Labute approximate surface area is 119 Å². The second kappa shape index (κ2) is 7.12. The number of hydrogen-bond donors (Lipinski definition) is 2. The van der Waals surface area contributed by atoms with E-state index < -0.39 is 6.10 Å². The standard InChI is InChI=1S/C16H21NO3/c1-12-5-6-13(2)16(8-12)17-9-14(18)10-19-11-15-4-3-7-20-15/h3-8,14,17-18H,9-11H2,1-2H3. The third kappa shape index (κ3) is 4.40. The van der Waals surface area contributed by atoms with Gasteiger partial charge in [0.25, 0.3) is 0 Å². The highest BCUT2D eigenvalue weighted by molar-refractivity contribution is 5.52. The number of benzene rings is 1. The van der Waals surface area contributed by atoms with Crippen LogP contribution in [-0.2, 0) is 11.3 Å². The van der Waals surface area contributed by atoms with E-state index in [1.54, 1.807) is 6.26 Å². The van der Waals surface area contributed by atoms with E-state index in [1.165, 1.54) is 11.1 Å². The van der Waals surface area contributed by atoms with Gasteiger partial charge in [-0.3, -0.25) is 0 Å². The van der Waals surface area contributed by atoms with E-state index in [9.17, 15) is 5.11 Å². The van der Waals surface area contributed by atoms with E-state index in [4.69, 9.17) is 9.15 Å². The summed E-state index contributed by atoms with van der Waals surface area (Å²) in [5.74, 6) is 0.764. The lowest BCUT2D eigenvalue weighted by Gasteiger charge is -2.15. The highest BCUT2D eigenvalue weighted by atomic mass is 16.5. The maximum Gasteiger partial charge on any atom is 0.129 e. The van der Waals surface area contributed by atoms with Gasteiger partial charge in [0.2, 0.25) is 0 Å². The molecule has 0 aliphatic carbocycles. The fourth-order valence-electron chi connectivity index (χ4n) is 1.90. The molecule has 0 saturated carbocycles. The maximum atomic E-state index is 9.88. The van der Waals surface area contributed by atoms with E-state index in [0.717, 1.165) is 11.4 Å². The van der Waals surface area contributed by atoms with Crippen molar-refractivity contribution in [2.75, 3.05) is 18.5 Å². The number of furan rings is 1. The van der Waals surface area contributed by atoms with Crippen molar-refractivity contribution in [3.05, 3.63) is 53.5 Å². The molecule has 2 aromatic rings. The number of aryl methyl sites for hydroxylation is 2. The van der Waals surface area contributed by atoms with Crippen LogP contribution in [0.2, 0.25) is 0 Å². The van der Waals surface area contributed by atoms with Gasteiger partial charge in [-0.1, -0.05) is 12.1 Å². The van der Waals surface area contributed by atoms with Gasteiger partial charge in [0.15, 0.2) is 0 Å². The van der Waals surface area contributed by atoms with Crippen molar-refractivity contribution in [1.29, 1.82) is 0 Å². The molecule has 0 amide bonds. The number of nitrogens with one attached hydrogen (secondary N) is 1. The van der Waals surface area contributed by atoms with Gasteiger partial charge >= 0.3 is 0 Å². The van der Waals surface area contributed by atoms with Crippen molar-refractivity contribution in [3.8, 4) is 0 Å². The Hall–Kier alpha value is -1.78. The molecule has 1 unspecified atom stereocenters. The molecule has 1 atom stereocenters. The van der Waals surface area contributed by atoms with Crippen LogP contribution in [0.4, 0.5) is 5.69 Å². The van der Waals surface area contributed by atoms with Gasteiger partial charge in [-0.15, -0.1) is 0 Å². The van der Waals surface area contributed by atoms with Crippen molar-refractivity contribution < 1.29 is 14.3 Å². The van der Waals surface area contributed by atoms with E-state index in [0.29, 0.717) is 13.2 Å². The molecule has 0 aliphatic heterocycles. The van der Waals surface area contributed by atoms with Gasteiger partial charge in [-0.05, 0) is 43.2 Å². The minimum atomic E-state index is -0.551. The molecule has 1 aromatic heterocycles. The lowest BCUT2D eigenvalue weighted by atomic mass is 10.1. The number of rotatable bonds is 7. The third-order valence-electron chi connectivity index (χ3n) is 3.06. The quantitative estimate of drug-likeness (QED) is 0.816. The average molecular weight is 275 g/mol. The predicted octanol–water partition coefficient (Wildman–Crippen LogP) is 2.89. The van der Waals surface area contributed by atoms with Crippen molar-refractivity contribution in [2.24, 2.45) is 0 Å². The number of aliphatic hydroxyl groups excluding tert-OH is 1. The normalized spacial score (nSPS) is 12.3. The second-order valence-corrected chi connectivity index (χ2v) is 4.95. The first-order chi connectivity index (χ1) is 9.65. The Balaban J connectivity index is 1.71. The molecule has 0 bridgehead atoms. The van der Waals surface area contributed by atoms with Crippen molar-refractivity contribution in [2.45, 2.75) is 26.6 Å². The minimum Gasteiger partial charge on any atom is -0.467 e. The second-order valence-electron chi connectivity index (χ2n) is 4.95. The molecule has 4 heteroatoms. The Bertz CT molecular complexity index is 523.